The quantitative estimate of drug-likeness (QED) is 0.391. The highest BCUT2D eigenvalue weighted by Gasteiger charge is 2.55. The fraction of sp³-hybridized carbons (Fsp3) is 0.448. The van der Waals surface area contributed by atoms with Crippen LogP contribution in [-0.2, 0) is 11.3 Å². The van der Waals surface area contributed by atoms with Crippen LogP contribution in [0.3, 0.4) is 0 Å². The Morgan fingerprint density at radius 2 is 1.76 bits per heavy atom. The Hall–Kier alpha value is -2.58. The third-order valence-electron chi connectivity index (χ3n) is 8.50. The maximum Gasteiger partial charge on any atom is 0.308 e. The van der Waals surface area contributed by atoms with Gasteiger partial charge in [-0.2, -0.15) is 0 Å². The zero-order chi connectivity index (χ0) is 25.7. The first-order valence-electron chi connectivity index (χ1n) is 13.3. The standard InChI is InChI=1S/C29H32FN3O2S2/c1-3-32(4-2)22-13-7-17(8-14-22)24-25-18-5-6-19(15-18)26(25)36-28-27(24)37-29(35)33(28)16-23(34)31-21-11-9-20(30)10-12-21/h7-14,18-19,24-26H,3-6,15-16H2,1-2H3,(H,31,34)/t18?,19?,24-,25?,26?/m1/s1. The lowest BCUT2D eigenvalue weighted by Crippen LogP contribution is -2.35. The van der Waals surface area contributed by atoms with Gasteiger partial charge < -0.3 is 10.2 Å². The molecule has 4 unspecified atom stereocenters. The average molecular weight is 538 g/mol. The number of halogens is 1. The van der Waals surface area contributed by atoms with Crippen molar-refractivity contribution in [3.63, 3.8) is 0 Å². The number of hydrogen-bond acceptors (Lipinski definition) is 5. The number of fused-ring (bicyclic) bond motifs is 6. The summed E-state index contributed by atoms with van der Waals surface area (Å²) in [6, 6.07) is 14.7. The van der Waals surface area contributed by atoms with Gasteiger partial charge in [-0.25, -0.2) is 4.39 Å². The molecule has 2 aliphatic carbocycles. The molecule has 0 saturated heterocycles. The van der Waals surface area contributed by atoms with E-state index >= 15 is 0 Å². The van der Waals surface area contributed by atoms with Crippen molar-refractivity contribution in [2.24, 2.45) is 17.8 Å². The van der Waals surface area contributed by atoms with Crippen molar-refractivity contribution in [3.8, 4) is 0 Å². The Bertz CT molecular complexity index is 1350. The van der Waals surface area contributed by atoms with Gasteiger partial charge in [0.15, 0.2) is 0 Å². The Morgan fingerprint density at radius 3 is 2.46 bits per heavy atom. The number of nitrogens with zero attached hydrogens (tertiary/aromatic N) is 2. The van der Waals surface area contributed by atoms with Crippen LogP contribution in [0, 0.1) is 23.6 Å². The molecule has 37 heavy (non-hydrogen) atoms. The van der Waals surface area contributed by atoms with Crippen LogP contribution in [-0.4, -0.2) is 28.8 Å². The van der Waals surface area contributed by atoms with E-state index in [-0.39, 0.29) is 29.1 Å². The molecule has 0 spiro atoms. The van der Waals surface area contributed by atoms with Crippen LogP contribution < -0.4 is 15.1 Å². The lowest BCUT2D eigenvalue weighted by molar-refractivity contribution is -0.116. The molecule has 8 heteroatoms. The number of thioether (sulfide) groups is 1. The van der Waals surface area contributed by atoms with Gasteiger partial charge in [-0.05, 0) is 92.8 Å². The summed E-state index contributed by atoms with van der Waals surface area (Å²) in [5.41, 5.74) is 3.03. The van der Waals surface area contributed by atoms with Gasteiger partial charge in [-0.1, -0.05) is 23.5 Å². The van der Waals surface area contributed by atoms with Gasteiger partial charge >= 0.3 is 4.87 Å². The predicted molar refractivity (Wildman–Crippen MR) is 149 cm³/mol. The molecule has 1 aliphatic heterocycles. The molecule has 2 heterocycles. The molecular formula is C29H32FN3O2S2. The van der Waals surface area contributed by atoms with Gasteiger partial charge in [-0.3, -0.25) is 14.2 Å². The van der Waals surface area contributed by atoms with Crippen LogP contribution in [0.15, 0.2) is 58.4 Å². The van der Waals surface area contributed by atoms with Crippen LogP contribution in [0.2, 0.25) is 0 Å². The fourth-order valence-corrected chi connectivity index (χ4v) is 9.97. The highest BCUT2D eigenvalue weighted by Crippen LogP contribution is 2.64. The number of thiazole rings is 1. The molecule has 3 aromatic rings. The lowest BCUT2D eigenvalue weighted by Gasteiger charge is -2.40. The molecule has 1 aromatic heterocycles. The van der Waals surface area contributed by atoms with Gasteiger partial charge in [-0.15, -0.1) is 11.8 Å². The van der Waals surface area contributed by atoms with E-state index in [1.54, 1.807) is 4.57 Å². The van der Waals surface area contributed by atoms with E-state index < -0.39 is 0 Å². The average Bonchev–Trinajstić information content (AvgIpc) is 3.60. The third-order valence-corrected chi connectivity index (χ3v) is 11.3. The first kappa shape index (κ1) is 24.7. The second-order valence-corrected chi connectivity index (χ2v) is 12.6. The summed E-state index contributed by atoms with van der Waals surface area (Å²) >= 11 is 3.15. The molecule has 2 fully saturated rings. The Balaban J connectivity index is 1.34. The Kier molecular flexibility index (Phi) is 6.65. The topological polar surface area (TPSA) is 54.3 Å². The smallest absolute Gasteiger partial charge is 0.308 e. The normalized spacial score (nSPS) is 25.5. The third kappa shape index (κ3) is 4.42. The number of carbonyl (C=O) groups excluding carboxylic acids is 1. The van der Waals surface area contributed by atoms with E-state index in [9.17, 15) is 14.0 Å². The van der Waals surface area contributed by atoms with Crippen molar-refractivity contribution in [1.82, 2.24) is 4.57 Å². The molecular weight excluding hydrogens is 505 g/mol. The van der Waals surface area contributed by atoms with E-state index in [2.05, 4.69) is 48.3 Å². The summed E-state index contributed by atoms with van der Waals surface area (Å²) in [7, 11) is 0. The van der Waals surface area contributed by atoms with E-state index in [4.69, 9.17) is 0 Å². The summed E-state index contributed by atoms with van der Waals surface area (Å²) in [4.78, 5) is 29.5. The van der Waals surface area contributed by atoms with Crippen LogP contribution in [0.1, 0.15) is 49.5 Å². The van der Waals surface area contributed by atoms with Crippen molar-refractivity contribution in [2.75, 3.05) is 23.3 Å². The maximum atomic E-state index is 13.3. The summed E-state index contributed by atoms with van der Waals surface area (Å²) in [5, 5.41) is 4.26. The second kappa shape index (κ2) is 9.95. The SMILES string of the molecule is CCN(CC)c1ccc([C@H]2c3sc(=O)n(CC(=O)Nc4ccc(F)cc4)c3SC3C4CCC(C4)C32)cc1. The zero-order valence-electron chi connectivity index (χ0n) is 21.2. The molecule has 2 saturated carbocycles. The minimum Gasteiger partial charge on any atom is -0.372 e. The minimum atomic E-state index is -0.353. The molecule has 5 atom stereocenters. The summed E-state index contributed by atoms with van der Waals surface area (Å²) in [6.07, 6.45) is 3.83. The number of anilines is 2. The second-order valence-electron chi connectivity index (χ2n) is 10.4. The van der Waals surface area contributed by atoms with E-state index in [0.29, 0.717) is 28.7 Å². The number of benzene rings is 2. The van der Waals surface area contributed by atoms with E-state index in [1.807, 2.05) is 11.8 Å². The molecule has 194 valence electrons. The molecule has 2 aromatic carbocycles. The molecule has 1 amide bonds. The summed E-state index contributed by atoms with van der Waals surface area (Å²) in [6.45, 7) is 6.26. The van der Waals surface area contributed by atoms with Gasteiger partial charge in [0.1, 0.15) is 12.4 Å². The molecule has 5 nitrogen and oxygen atoms in total. The number of hydrogen-bond donors (Lipinski definition) is 1. The molecule has 2 bridgehead atoms. The highest BCUT2D eigenvalue weighted by molar-refractivity contribution is 8.00. The van der Waals surface area contributed by atoms with Gasteiger partial charge in [0.05, 0.1) is 5.03 Å². The number of amides is 1. The fourth-order valence-electron chi connectivity index (χ4n) is 6.82. The lowest BCUT2D eigenvalue weighted by atomic mass is 9.75. The number of nitrogens with one attached hydrogen (secondary N) is 1. The Morgan fingerprint density at radius 1 is 1.05 bits per heavy atom. The zero-order valence-corrected chi connectivity index (χ0v) is 22.8. The molecule has 6 rings (SSSR count). The predicted octanol–water partition coefficient (Wildman–Crippen LogP) is 6.19. The van der Waals surface area contributed by atoms with Gasteiger partial charge in [0.2, 0.25) is 5.91 Å². The molecule has 1 N–H and O–H groups in total. The van der Waals surface area contributed by atoms with Crippen molar-refractivity contribution in [1.29, 1.82) is 0 Å². The van der Waals surface area contributed by atoms with Gasteiger partial charge in [0.25, 0.3) is 0 Å². The van der Waals surface area contributed by atoms with Crippen molar-refractivity contribution >= 4 is 40.4 Å². The largest absolute Gasteiger partial charge is 0.372 e. The first-order valence-corrected chi connectivity index (χ1v) is 15.0. The number of rotatable bonds is 7. The highest BCUT2D eigenvalue weighted by atomic mass is 32.2. The van der Waals surface area contributed by atoms with Crippen molar-refractivity contribution in [3.05, 3.63) is 74.5 Å². The number of carbonyl (C=O) groups is 1. The Labute approximate surface area is 225 Å². The first-order chi connectivity index (χ1) is 18.0. The monoisotopic (exact) mass is 537 g/mol. The molecule has 3 aliphatic rings. The minimum absolute atomic E-state index is 0.0336. The van der Waals surface area contributed by atoms with Crippen molar-refractivity contribution in [2.45, 2.75) is 55.8 Å². The van der Waals surface area contributed by atoms with Crippen molar-refractivity contribution < 1.29 is 9.18 Å². The van der Waals surface area contributed by atoms with Crippen LogP contribution in [0.5, 0.6) is 0 Å². The van der Waals surface area contributed by atoms with Gasteiger partial charge in [0, 0.05) is 40.5 Å². The summed E-state index contributed by atoms with van der Waals surface area (Å²) in [5.74, 6) is 1.49. The van der Waals surface area contributed by atoms with E-state index in [1.165, 1.54) is 66.1 Å². The van der Waals surface area contributed by atoms with Crippen LogP contribution in [0.4, 0.5) is 15.8 Å². The van der Waals surface area contributed by atoms with Crippen LogP contribution >= 0.6 is 23.1 Å². The number of aromatic nitrogens is 1. The molecule has 0 radical (unpaired) electrons. The summed E-state index contributed by atoms with van der Waals surface area (Å²) < 4.78 is 14.9. The van der Waals surface area contributed by atoms with Crippen LogP contribution in [0.25, 0.3) is 0 Å². The maximum absolute atomic E-state index is 13.3. The van der Waals surface area contributed by atoms with E-state index in [0.717, 1.165) is 23.0 Å².